The van der Waals surface area contributed by atoms with Crippen molar-refractivity contribution in [1.82, 2.24) is 8.80 Å². The molecule has 0 unspecified atom stereocenters. The van der Waals surface area contributed by atoms with Crippen LogP contribution in [-0.4, -0.2) is 46.5 Å². The van der Waals surface area contributed by atoms with Gasteiger partial charge in [0.05, 0.1) is 60.7 Å². The van der Waals surface area contributed by atoms with E-state index in [1.165, 1.54) is 0 Å². The number of carbonyl (C=O) groups excluding carboxylic acids is 2. The van der Waals surface area contributed by atoms with Crippen molar-refractivity contribution in [2.24, 2.45) is 0 Å². The first-order valence-electron chi connectivity index (χ1n) is 14.6. The SMILES string of the molecule is CCOC(=O)c1c2c(C(c3ccccc3)c3sc(SC)c4c3c(C(=O)OCC)c3ccccn34)sc(SC)c2n2ccccc12. The summed E-state index contributed by atoms with van der Waals surface area (Å²) in [5, 5.41) is 1.80. The van der Waals surface area contributed by atoms with Crippen molar-refractivity contribution in [3.8, 4) is 0 Å². The number of hydrogen-bond acceptors (Lipinski definition) is 8. The maximum absolute atomic E-state index is 13.8. The number of esters is 2. The van der Waals surface area contributed by atoms with Crippen molar-refractivity contribution in [2.45, 2.75) is 28.2 Å². The van der Waals surface area contributed by atoms with E-state index in [2.05, 4.69) is 33.4 Å². The molecule has 0 fully saturated rings. The molecule has 1 aromatic carbocycles. The molecule has 7 aromatic rings. The number of ether oxygens (including phenoxy) is 2. The molecule has 0 aliphatic heterocycles. The smallest absolute Gasteiger partial charge is 0.341 e. The summed E-state index contributed by atoms with van der Waals surface area (Å²) >= 11 is 6.78. The fraction of sp³-hybridized carbons (Fsp3) is 0.200. The number of carbonyl (C=O) groups is 2. The Balaban J connectivity index is 1.66. The van der Waals surface area contributed by atoms with Crippen LogP contribution in [0.4, 0.5) is 0 Å². The number of pyridine rings is 2. The molecule has 0 radical (unpaired) electrons. The molecule has 6 aromatic heterocycles. The molecule has 0 aliphatic carbocycles. The first kappa shape index (κ1) is 30.0. The highest BCUT2D eigenvalue weighted by Crippen LogP contribution is 2.53. The Morgan fingerprint density at radius 1 is 0.689 bits per heavy atom. The van der Waals surface area contributed by atoms with E-state index in [0.29, 0.717) is 11.1 Å². The van der Waals surface area contributed by atoms with Crippen LogP contribution in [0, 0.1) is 0 Å². The normalized spacial score (nSPS) is 11.8. The van der Waals surface area contributed by atoms with Crippen molar-refractivity contribution in [2.75, 3.05) is 25.7 Å². The van der Waals surface area contributed by atoms with Crippen LogP contribution < -0.4 is 0 Å². The van der Waals surface area contributed by atoms with Gasteiger partial charge in [0.1, 0.15) is 0 Å². The summed E-state index contributed by atoms with van der Waals surface area (Å²) in [5.74, 6) is -0.931. The average Bonchev–Trinajstić information content (AvgIpc) is 3.80. The molecule has 10 heteroatoms. The van der Waals surface area contributed by atoms with Gasteiger partial charge in [-0.15, -0.1) is 46.2 Å². The highest BCUT2D eigenvalue weighted by molar-refractivity contribution is 8.01. The van der Waals surface area contributed by atoms with Crippen LogP contribution in [0.15, 0.2) is 87.5 Å². The van der Waals surface area contributed by atoms with Gasteiger partial charge in [0, 0.05) is 32.9 Å². The summed E-state index contributed by atoms with van der Waals surface area (Å²) in [6.07, 6.45) is 8.19. The number of nitrogens with zero attached hydrogens (tertiary/aromatic N) is 2. The average molecular weight is 671 g/mol. The molecule has 0 saturated carbocycles. The molecule has 0 N–H and O–H groups in total. The van der Waals surface area contributed by atoms with E-state index in [9.17, 15) is 9.59 Å². The molecular formula is C35H30N2O4S4. The Kier molecular flexibility index (Phi) is 8.16. The van der Waals surface area contributed by atoms with Gasteiger partial charge in [-0.25, -0.2) is 9.59 Å². The minimum absolute atomic E-state index is 0.260. The van der Waals surface area contributed by atoms with Gasteiger partial charge >= 0.3 is 11.9 Å². The molecule has 228 valence electrons. The van der Waals surface area contributed by atoms with Crippen LogP contribution in [0.2, 0.25) is 0 Å². The second kappa shape index (κ2) is 12.2. The predicted octanol–water partition coefficient (Wildman–Crippen LogP) is 9.60. The topological polar surface area (TPSA) is 61.4 Å². The standard InChI is InChI=1S/C35H30N2O4S4/c1-5-40-32(38)24-21-16-10-12-18-36(21)28-26(24)30(44-34(28)42-3)23(20-14-8-7-9-15-20)31-27-25(33(39)41-6-2)22-17-11-13-19-37(22)29(27)35(43-4)45-31/h7-19,23H,5-6H2,1-4H3. The molecule has 0 amide bonds. The molecule has 45 heavy (non-hydrogen) atoms. The van der Waals surface area contributed by atoms with Crippen molar-refractivity contribution >= 4 is 91.0 Å². The van der Waals surface area contributed by atoms with Crippen LogP contribution in [0.25, 0.3) is 32.8 Å². The van der Waals surface area contributed by atoms with Gasteiger partial charge in [0.25, 0.3) is 0 Å². The number of thiophene rings is 2. The summed E-state index contributed by atoms with van der Waals surface area (Å²) in [6, 6.07) is 22.3. The fourth-order valence-corrected chi connectivity index (χ4v) is 10.7. The zero-order valence-electron chi connectivity index (χ0n) is 25.2. The quantitative estimate of drug-likeness (QED) is 0.113. The molecule has 0 bridgehead atoms. The molecule has 0 saturated heterocycles. The van der Waals surface area contributed by atoms with E-state index < -0.39 is 0 Å². The lowest BCUT2D eigenvalue weighted by atomic mass is 9.91. The zero-order chi connectivity index (χ0) is 31.2. The second-order valence-electron chi connectivity index (χ2n) is 10.3. The van der Waals surface area contributed by atoms with Gasteiger partial charge in [-0.3, -0.25) is 0 Å². The van der Waals surface area contributed by atoms with Crippen LogP contribution in [0.3, 0.4) is 0 Å². The van der Waals surface area contributed by atoms with Crippen LogP contribution >= 0.6 is 46.2 Å². The monoisotopic (exact) mass is 670 g/mol. The molecular weight excluding hydrogens is 641 g/mol. The third-order valence-electron chi connectivity index (χ3n) is 7.96. The summed E-state index contributed by atoms with van der Waals surface area (Å²) in [5.41, 5.74) is 5.88. The lowest BCUT2D eigenvalue weighted by Crippen LogP contribution is -2.08. The van der Waals surface area contributed by atoms with Gasteiger partial charge in [0.2, 0.25) is 0 Å². The molecule has 0 spiro atoms. The van der Waals surface area contributed by atoms with Crippen LogP contribution in [0.1, 0.15) is 55.8 Å². The van der Waals surface area contributed by atoms with Crippen molar-refractivity contribution < 1.29 is 19.1 Å². The second-order valence-corrected chi connectivity index (χ2v) is 14.6. The highest BCUT2D eigenvalue weighted by atomic mass is 32.2. The van der Waals surface area contributed by atoms with Crippen molar-refractivity contribution in [1.29, 1.82) is 0 Å². The number of aromatic nitrogens is 2. The number of fused-ring (bicyclic) bond motifs is 6. The summed E-state index contributed by atoms with van der Waals surface area (Å²) in [6.45, 7) is 4.24. The summed E-state index contributed by atoms with van der Waals surface area (Å²) in [4.78, 5) is 29.6. The third-order valence-corrected chi connectivity index (χ3v) is 12.7. The predicted molar refractivity (Wildman–Crippen MR) is 188 cm³/mol. The Hall–Kier alpha value is -3.70. The van der Waals surface area contributed by atoms with Crippen molar-refractivity contribution in [3.05, 3.63) is 106 Å². The van der Waals surface area contributed by atoms with Gasteiger partial charge in [-0.05, 0) is 56.2 Å². The zero-order valence-corrected chi connectivity index (χ0v) is 28.4. The Morgan fingerprint density at radius 3 is 1.56 bits per heavy atom. The Labute approximate surface area is 277 Å². The first-order valence-corrected chi connectivity index (χ1v) is 18.7. The largest absolute Gasteiger partial charge is 0.462 e. The fourth-order valence-electron chi connectivity index (χ4n) is 6.27. The first-order chi connectivity index (χ1) is 22.0. The van der Waals surface area contributed by atoms with Gasteiger partial charge in [-0.2, -0.15) is 0 Å². The van der Waals surface area contributed by atoms with Gasteiger partial charge in [0.15, 0.2) is 0 Å². The van der Waals surface area contributed by atoms with E-state index >= 15 is 0 Å². The minimum Gasteiger partial charge on any atom is -0.462 e. The Morgan fingerprint density at radius 2 is 1.13 bits per heavy atom. The van der Waals surface area contributed by atoms with Crippen LogP contribution in [0.5, 0.6) is 0 Å². The van der Waals surface area contributed by atoms with E-state index in [0.717, 1.165) is 56.6 Å². The third kappa shape index (κ3) is 4.69. The summed E-state index contributed by atoms with van der Waals surface area (Å²) in [7, 11) is 0. The molecule has 6 nitrogen and oxygen atoms in total. The molecule has 0 atom stereocenters. The van der Waals surface area contributed by atoms with Gasteiger partial charge in [-0.1, -0.05) is 42.5 Å². The maximum atomic E-state index is 13.8. The lowest BCUT2D eigenvalue weighted by molar-refractivity contribution is 0.0521. The lowest BCUT2D eigenvalue weighted by Gasteiger charge is -2.17. The van der Waals surface area contributed by atoms with Crippen molar-refractivity contribution in [3.63, 3.8) is 0 Å². The van der Waals surface area contributed by atoms with E-state index in [4.69, 9.17) is 9.47 Å². The van der Waals surface area contributed by atoms with Gasteiger partial charge < -0.3 is 18.3 Å². The molecule has 7 rings (SSSR count). The van der Waals surface area contributed by atoms with E-state index in [1.54, 1.807) is 46.2 Å². The van der Waals surface area contributed by atoms with E-state index in [1.807, 2.05) is 80.8 Å². The molecule has 0 aliphatic rings. The Bertz CT molecular complexity index is 2090. The highest BCUT2D eigenvalue weighted by Gasteiger charge is 2.35. The van der Waals surface area contributed by atoms with Crippen LogP contribution in [-0.2, 0) is 9.47 Å². The maximum Gasteiger partial charge on any atom is 0.341 e. The number of benzene rings is 1. The number of thioether (sulfide) groups is 2. The number of rotatable bonds is 9. The number of hydrogen-bond donors (Lipinski definition) is 0. The minimum atomic E-state index is -0.335. The van der Waals surface area contributed by atoms with E-state index in [-0.39, 0.29) is 31.1 Å². The summed E-state index contributed by atoms with van der Waals surface area (Å²) < 4.78 is 17.8. The molecule has 6 heterocycles.